The van der Waals surface area contributed by atoms with Crippen LogP contribution in [0.1, 0.15) is 41.6 Å². The van der Waals surface area contributed by atoms with E-state index in [-0.39, 0.29) is 30.4 Å². The minimum absolute atomic E-state index is 0.0444. The van der Waals surface area contributed by atoms with Gasteiger partial charge in [0.1, 0.15) is 13.2 Å². The molecule has 2 aromatic carbocycles. The molecule has 0 unspecified atom stereocenters. The van der Waals surface area contributed by atoms with Crippen molar-refractivity contribution in [3.63, 3.8) is 0 Å². The lowest BCUT2D eigenvalue weighted by Gasteiger charge is -2.35. The molecule has 2 amide bonds. The number of rotatable bonds is 8. The minimum atomic E-state index is -0.0902. The van der Waals surface area contributed by atoms with E-state index in [0.29, 0.717) is 62.9 Å². The van der Waals surface area contributed by atoms with E-state index >= 15 is 0 Å². The summed E-state index contributed by atoms with van der Waals surface area (Å²) in [5.74, 6) is 1.22. The van der Waals surface area contributed by atoms with Gasteiger partial charge < -0.3 is 19.3 Å². The van der Waals surface area contributed by atoms with Gasteiger partial charge >= 0.3 is 0 Å². The number of amides is 2. The minimum Gasteiger partial charge on any atom is -0.486 e. The number of benzene rings is 2. The third-order valence-electron chi connectivity index (χ3n) is 6.11. The van der Waals surface area contributed by atoms with Gasteiger partial charge in [0.15, 0.2) is 17.3 Å². The molecule has 0 radical (unpaired) electrons. The summed E-state index contributed by atoms with van der Waals surface area (Å²) >= 11 is 0. The first-order valence-corrected chi connectivity index (χ1v) is 11.6. The molecular weight excluding hydrogens is 420 g/mol. The maximum atomic E-state index is 12.6. The van der Waals surface area contributed by atoms with Crippen molar-refractivity contribution in [1.29, 1.82) is 0 Å². The third kappa shape index (κ3) is 6.12. The average Bonchev–Trinajstić information content (AvgIpc) is 2.87. The van der Waals surface area contributed by atoms with Crippen molar-refractivity contribution >= 4 is 17.6 Å². The molecule has 1 fully saturated rings. The highest BCUT2D eigenvalue weighted by atomic mass is 16.6. The van der Waals surface area contributed by atoms with E-state index in [1.54, 1.807) is 23.1 Å². The monoisotopic (exact) mass is 450 g/mol. The van der Waals surface area contributed by atoms with Crippen molar-refractivity contribution in [2.75, 3.05) is 39.4 Å². The van der Waals surface area contributed by atoms with Gasteiger partial charge in [0.05, 0.1) is 0 Å². The average molecular weight is 451 g/mol. The van der Waals surface area contributed by atoms with Crippen molar-refractivity contribution in [3.05, 3.63) is 59.7 Å². The normalized spacial score (nSPS) is 15.3. The number of hydrogen-bond donors (Lipinski definition) is 0. The predicted molar refractivity (Wildman–Crippen MR) is 124 cm³/mol. The molecule has 2 heterocycles. The number of nitrogens with zero attached hydrogens (tertiary/aromatic N) is 2. The number of hydrogen-bond acceptors (Lipinski definition) is 5. The summed E-state index contributed by atoms with van der Waals surface area (Å²) in [7, 11) is 0. The van der Waals surface area contributed by atoms with E-state index in [1.807, 2.05) is 23.1 Å². The Morgan fingerprint density at radius 3 is 2.06 bits per heavy atom. The Balaban J connectivity index is 1.17. The lowest BCUT2D eigenvalue weighted by atomic mass is 10.0. The highest BCUT2D eigenvalue weighted by Crippen LogP contribution is 2.31. The van der Waals surface area contributed by atoms with Crippen LogP contribution in [0.4, 0.5) is 0 Å². The van der Waals surface area contributed by atoms with Crippen LogP contribution in [0.3, 0.4) is 0 Å². The Kier molecular flexibility index (Phi) is 7.60. The number of carbonyl (C=O) groups is 3. The first kappa shape index (κ1) is 22.8. The summed E-state index contributed by atoms with van der Waals surface area (Å²) in [6.45, 7) is 3.09. The summed E-state index contributed by atoms with van der Waals surface area (Å²) in [6.07, 6.45) is 2.55. The molecule has 4 rings (SSSR count). The lowest BCUT2D eigenvalue weighted by Crippen LogP contribution is -2.50. The van der Waals surface area contributed by atoms with Crippen LogP contribution in [-0.4, -0.2) is 66.8 Å². The van der Waals surface area contributed by atoms with Crippen molar-refractivity contribution in [2.24, 2.45) is 0 Å². The van der Waals surface area contributed by atoms with Crippen molar-refractivity contribution < 1.29 is 23.9 Å². The number of ether oxygens (including phenoxy) is 2. The summed E-state index contributed by atoms with van der Waals surface area (Å²) in [4.78, 5) is 41.2. The Hall–Kier alpha value is -3.35. The van der Waals surface area contributed by atoms with Gasteiger partial charge in [0, 0.05) is 51.0 Å². The quantitative estimate of drug-likeness (QED) is 0.578. The standard InChI is InChI=1S/C26H30N2O5/c29-22(21-9-11-23-24(19-21)33-18-17-32-23)10-12-26(31)28-15-13-27(14-16-28)25(30)8-4-7-20-5-2-1-3-6-20/h1-3,5-6,9,11,19H,4,7-8,10,12-18H2. The van der Waals surface area contributed by atoms with Crippen LogP contribution >= 0.6 is 0 Å². The van der Waals surface area contributed by atoms with Crippen molar-refractivity contribution in [2.45, 2.75) is 32.1 Å². The van der Waals surface area contributed by atoms with E-state index in [9.17, 15) is 14.4 Å². The zero-order valence-electron chi connectivity index (χ0n) is 18.8. The Labute approximate surface area is 194 Å². The Bertz CT molecular complexity index is 983. The van der Waals surface area contributed by atoms with Crippen LogP contribution in [0.2, 0.25) is 0 Å². The maximum Gasteiger partial charge on any atom is 0.223 e. The van der Waals surface area contributed by atoms with E-state index < -0.39 is 0 Å². The Morgan fingerprint density at radius 2 is 1.36 bits per heavy atom. The summed E-state index contributed by atoms with van der Waals surface area (Å²) < 4.78 is 11.0. The van der Waals surface area contributed by atoms with Crippen molar-refractivity contribution in [1.82, 2.24) is 9.80 Å². The van der Waals surface area contributed by atoms with Gasteiger partial charge in [-0.2, -0.15) is 0 Å². The second kappa shape index (κ2) is 11.0. The van der Waals surface area contributed by atoms with Gasteiger partial charge in [-0.15, -0.1) is 0 Å². The maximum absolute atomic E-state index is 12.6. The highest BCUT2D eigenvalue weighted by molar-refractivity contribution is 5.98. The molecule has 33 heavy (non-hydrogen) atoms. The fraction of sp³-hybridized carbons (Fsp3) is 0.423. The Morgan fingerprint density at radius 1 is 0.727 bits per heavy atom. The van der Waals surface area contributed by atoms with Crippen molar-refractivity contribution in [3.8, 4) is 11.5 Å². The fourth-order valence-electron chi connectivity index (χ4n) is 4.19. The van der Waals surface area contributed by atoms with Crippen LogP contribution in [0.25, 0.3) is 0 Å². The van der Waals surface area contributed by atoms with E-state index in [2.05, 4.69) is 12.1 Å². The molecule has 1 saturated heterocycles. The zero-order chi connectivity index (χ0) is 23.0. The molecule has 2 aromatic rings. The summed E-state index contributed by atoms with van der Waals surface area (Å²) in [6, 6.07) is 15.3. The van der Waals surface area contributed by atoms with Crippen LogP contribution in [-0.2, 0) is 16.0 Å². The van der Waals surface area contributed by atoms with Gasteiger partial charge in [0.25, 0.3) is 0 Å². The molecule has 0 atom stereocenters. The van der Waals surface area contributed by atoms with E-state index in [0.717, 1.165) is 12.8 Å². The molecule has 7 heteroatoms. The molecule has 0 N–H and O–H groups in total. The SMILES string of the molecule is O=C(CCC(=O)N1CCN(C(=O)CCCc2ccccc2)CC1)c1ccc2c(c1)OCCO2. The molecule has 0 saturated carbocycles. The van der Waals surface area contributed by atoms with Crippen LogP contribution in [0, 0.1) is 0 Å². The number of carbonyl (C=O) groups excluding carboxylic acids is 3. The van der Waals surface area contributed by atoms with Gasteiger partial charge in [-0.1, -0.05) is 30.3 Å². The van der Waals surface area contributed by atoms with Crippen LogP contribution in [0.15, 0.2) is 48.5 Å². The number of fused-ring (bicyclic) bond motifs is 1. The fourth-order valence-corrected chi connectivity index (χ4v) is 4.19. The second-order valence-corrected chi connectivity index (χ2v) is 8.38. The molecule has 0 aliphatic carbocycles. The first-order valence-electron chi connectivity index (χ1n) is 11.6. The van der Waals surface area contributed by atoms with E-state index in [1.165, 1.54) is 5.56 Å². The smallest absolute Gasteiger partial charge is 0.223 e. The van der Waals surface area contributed by atoms with E-state index in [4.69, 9.17) is 9.47 Å². The van der Waals surface area contributed by atoms with Crippen LogP contribution in [0.5, 0.6) is 11.5 Å². The topological polar surface area (TPSA) is 76.2 Å². The summed E-state index contributed by atoms with van der Waals surface area (Å²) in [5, 5.41) is 0. The number of Topliss-reactive ketones (excluding diaryl/α,β-unsaturated/α-hetero) is 1. The van der Waals surface area contributed by atoms with Crippen LogP contribution < -0.4 is 9.47 Å². The first-order chi connectivity index (χ1) is 16.1. The molecule has 7 nitrogen and oxygen atoms in total. The second-order valence-electron chi connectivity index (χ2n) is 8.38. The molecular formula is C26H30N2O5. The molecule has 2 aliphatic heterocycles. The van der Waals surface area contributed by atoms with Gasteiger partial charge in [-0.05, 0) is 36.6 Å². The number of aryl methyl sites for hydroxylation is 1. The highest BCUT2D eigenvalue weighted by Gasteiger charge is 2.24. The number of ketones is 1. The van der Waals surface area contributed by atoms with Gasteiger partial charge in [0.2, 0.25) is 11.8 Å². The largest absolute Gasteiger partial charge is 0.486 e. The predicted octanol–water partition coefficient (Wildman–Crippen LogP) is 3.11. The zero-order valence-corrected chi connectivity index (χ0v) is 18.8. The molecule has 0 spiro atoms. The van der Waals surface area contributed by atoms with Gasteiger partial charge in [-0.25, -0.2) is 0 Å². The molecule has 2 aliphatic rings. The molecule has 0 bridgehead atoms. The lowest BCUT2D eigenvalue weighted by molar-refractivity contribution is -0.139. The summed E-state index contributed by atoms with van der Waals surface area (Å²) in [5.41, 5.74) is 1.77. The number of piperazine rings is 1. The third-order valence-corrected chi connectivity index (χ3v) is 6.11. The molecule has 174 valence electrons. The molecule has 0 aromatic heterocycles. The van der Waals surface area contributed by atoms with Gasteiger partial charge in [-0.3, -0.25) is 14.4 Å².